The van der Waals surface area contributed by atoms with Gasteiger partial charge in [-0.05, 0) is 41.0 Å². The van der Waals surface area contributed by atoms with Crippen LogP contribution in [0, 0.1) is 0 Å². The molecular formula is C29H27N2PS2. The quantitative estimate of drug-likeness (QED) is 0.211. The molecule has 0 saturated carbocycles. The molecule has 0 atom stereocenters. The lowest BCUT2D eigenvalue weighted by Crippen LogP contribution is -2.22. The van der Waals surface area contributed by atoms with E-state index in [9.17, 15) is 0 Å². The summed E-state index contributed by atoms with van der Waals surface area (Å²) >= 11 is 3.53. The van der Waals surface area contributed by atoms with Gasteiger partial charge in [-0.25, -0.2) is 0 Å². The summed E-state index contributed by atoms with van der Waals surface area (Å²) < 4.78 is 4.62. The SMILES string of the molecule is CSN1C=C(c2cccc(-c3ccccc3P(c3ccccc3)c3ccccc3)c2)N(SC)C1. The van der Waals surface area contributed by atoms with Crippen LogP contribution < -0.4 is 15.9 Å². The Morgan fingerprint density at radius 2 is 1.26 bits per heavy atom. The Kier molecular flexibility index (Phi) is 7.30. The standard InChI is InChI=1S/C29H27N2PS2/c1-33-30-21-28(31(22-30)34-2)24-13-11-12-23(20-24)27-18-9-10-19-29(27)32(25-14-5-3-6-15-25)26-16-7-4-8-17-26/h3-21H,22H2,1-2H3. The molecule has 1 heterocycles. The maximum Gasteiger partial charge on any atom is 0.111 e. The molecule has 0 aliphatic carbocycles. The van der Waals surface area contributed by atoms with Crippen molar-refractivity contribution in [3.05, 3.63) is 121 Å². The normalized spacial score (nSPS) is 13.4. The molecular weight excluding hydrogens is 471 g/mol. The second kappa shape index (κ2) is 10.7. The monoisotopic (exact) mass is 498 g/mol. The molecule has 0 radical (unpaired) electrons. The van der Waals surface area contributed by atoms with Gasteiger partial charge in [-0.1, -0.05) is 127 Å². The van der Waals surface area contributed by atoms with Crippen LogP contribution in [-0.4, -0.2) is 27.8 Å². The summed E-state index contributed by atoms with van der Waals surface area (Å²) in [4.78, 5) is 0. The Morgan fingerprint density at radius 1 is 0.647 bits per heavy atom. The lowest BCUT2D eigenvalue weighted by atomic mass is 10.0. The zero-order valence-electron chi connectivity index (χ0n) is 19.3. The molecule has 2 nitrogen and oxygen atoms in total. The van der Waals surface area contributed by atoms with E-state index in [4.69, 9.17) is 0 Å². The minimum absolute atomic E-state index is 0.673. The Labute approximate surface area is 212 Å². The van der Waals surface area contributed by atoms with Crippen molar-refractivity contribution < 1.29 is 0 Å². The highest BCUT2D eigenvalue weighted by atomic mass is 32.2. The summed E-state index contributed by atoms with van der Waals surface area (Å²) in [6.45, 7) is 0.895. The highest BCUT2D eigenvalue weighted by Gasteiger charge is 2.23. The van der Waals surface area contributed by atoms with Crippen LogP contribution in [0.3, 0.4) is 0 Å². The van der Waals surface area contributed by atoms with Crippen molar-refractivity contribution in [1.82, 2.24) is 8.61 Å². The van der Waals surface area contributed by atoms with E-state index >= 15 is 0 Å². The van der Waals surface area contributed by atoms with Crippen molar-refractivity contribution in [3.63, 3.8) is 0 Å². The molecule has 5 rings (SSSR count). The van der Waals surface area contributed by atoms with Gasteiger partial charge in [0, 0.05) is 24.3 Å². The predicted octanol–water partition coefficient (Wildman–Crippen LogP) is 6.54. The van der Waals surface area contributed by atoms with Gasteiger partial charge >= 0.3 is 0 Å². The summed E-state index contributed by atoms with van der Waals surface area (Å²) in [5.74, 6) is 0. The van der Waals surface area contributed by atoms with Crippen LogP contribution in [-0.2, 0) is 0 Å². The fourth-order valence-corrected chi connectivity index (χ4v) is 7.84. The molecule has 1 aliphatic heterocycles. The molecule has 4 aromatic rings. The number of nitrogens with zero attached hydrogens (tertiary/aromatic N) is 2. The van der Waals surface area contributed by atoms with Gasteiger partial charge in [0.2, 0.25) is 0 Å². The van der Waals surface area contributed by atoms with E-state index in [1.54, 1.807) is 23.9 Å². The van der Waals surface area contributed by atoms with Gasteiger partial charge in [-0.15, -0.1) is 0 Å². The molecule has 1 aliphatic rings. The van der Waals surface area contributed by atoms with Gasteiger partial charge in [0.15, 0.2) is 0 Å². The van der Waals surface area contributed by atoms with Crippen molar-refractivity contribution in [1.29, 1.82) is 0 Å². The average molecular weight is 499 g/mol. The van der Waals surface area contributed by atoms with Crippen LogP contribution in [0.5, 0.6) is 0 Å². The second-order valence-corrected chi connectivity index (χ2v) is 11.7. The molecule has 170 valence electrons. The lowest BCUT2D eigenvalue weighted by Gasteiger charge is -2.23. The molecule has 34 heavy (non-hydrogen) atoms. The van der Waals surface area contributed by atoms with Crippen LogP contribution in [0.2, 0.25) is 0 Å². The summed E-state index contributed by atoms with van der Waals surface area (Å²) in [5.41, 5.74) is 5.08. The van der Waals surface area contributed by atoms with Gasteiger partial charge < -0.3 is 4.31 Å². The molecule has 4 aromatic carbocycles. The summed E-state index contributed by atoms with van der Waals surface area (Å²) in [5, 5.41) is 4.13. The lowest BCUT2D eigenvalue weighted by molar-refractivity contribution is 0.530. The smallest absolute Gasteiger partial charge is 0.111 e. The topological polar surface area (TPSA) is 6.48 Å². The van der Waals surface area contributed by atoms with Gasteiger partial charge in [0.25, 0.3) is 0 Å². The highest BCUT2D eigenvalue weighted by molar-refractivity contribution is 7.97. The van der Waals surface area contributed by atoms with Gasteiger partial charge in [-0.2, -0.15) is 0 Å². The van der Waals surface area contributed by atoms with Gasteiger partial charge in [0.05, 0.1) is 5.70 Å². The van der Waals surface area contributed by atoms with E-state index in [2.05, 4.69) is 137 Å². The molecule has 0 unspecified atom stereocenters. The van der Waals surface area contributed by atoms with Crippen LogP contribution in [0.25, 0.3) is 16.8 Å². The molecule has 0 aromatic heterocycles. The summed E-state index contributed by atoms with van der Waals surface area (Å²) in [7, 11) is -0.673. The molecule has 0 bridgehead atoms. The fourth-order valence-electron chi connectivity index (χ4n) is 4.27. The van der Waals surface area contributed by atoms with Gasteiger partial charge in [-0.3, -0.25) is 4.31 Å². The Hall–Kier alpha value is -2.65. The minimum Gasteiger partial charge on any atom is -0.301 e. The Morgan fingerprint density at radius 3 is 1.91 bits per heavy atom. The van der Waals surface area contributed by atoms with Crippen molar-refractivity contribution >= 4 is 53.4 Å². The van der Waals surface area contributed by atoms with E-state index in [-0.39, 0.29) is 0 Å². The third-order valence-electron chi connectivity index (χ3n) is 5.90. The minimum atomic E-state index is -0.673. The first kappa shape index (κ1) is 23.1. The zero-order chi connectivity index (χ0) is 23.3. The number of hydrogen-bond acceptors (Lipinski definition) is 4. The summed E-state index contributed by atoms with van der Waals surface area (Å²) in [6.07, 6.45) is 6.52. The maximum atomic E-state index is 2.35. The zero-order valence-corrected chi connectivity index (χ0v) is 21.9. The highest BCUT2D eigenvalue weighted by Crippen LogP contribution is 2.39. The number of rotatable bonds is 7. The molecule has 0 amide bonds. The largest absolute Gasteiger partial charge is 0.301 e. The van der Waals surface area contributed by atoms with Gasteiger partial charge in [0.1, 0.15) is 6.67 Å². The third kappa shape index (κ3) is 4.77. The molecule has 5 heteroatoms. The first-order valence-corrected chi connectivity index (χ1v) is 14.9. The van der Waals surface area contributed by atoms with Crippen LogP contribution in [0.1, 0.15) is 5.56 Å². The number of hydrogen-bond donors (Lipinski definition) is 0. The Balaban J connectivity index is 1.62. The average Bonchev–Trinajstić information content (AvgIpc) is 3.34. The Bertz CT molecular complexity index is 1240. The van der Waals surface area contributed by atoms with E-state index in [1.807, 2.05) is 0 Å². The van der Waals surface area contributed by atoms with Crippen molar-refractivity contribution in [2.75, 3.05) is 19.2 Å². The van der Waals surface area contributed by atoms with Crippen molar-refractivity contribution in [3.8, 4) is 11.1 Å². The molecule has 0 fully saturated rings. The van der Waals surface area contributed by atoms with E-state index in [0.717, 1.165) is 6.67 Å². The van der Waals surface area contributed by atoms with Crippen LogP contribution in [0.15, 0.2) is 115 Å². The van der Waals surface area contributed by atoms with Crippen molar-refractivity contribution in [2.24, 2.45) is 0 Å². The first-order valence-electron chi connectivity index (χ1n) is 11.2. The third-order valence-corrected chi connectivity index (χ3v) is 9.84. The molecule has 0 N–H and O–H groups in total. The second-order valence-electron chi connectivity index (χ2n) is 7.92. The van der Waals surface area contributed by atoms with E-state index in [0.29, 0.717) is 0 Å². The first-order chi connectivity index (χ1) is 16.8. The maximum absolute atomic E-state index is 2.35. The van der Waals surface area contributed by atoms with E-state index < -0.39 is 7.92 Å². The predicted molar refractivity (Wildman–Crippen MR) is 154 cm³/mol. The number of benzene rings is 4. The van der Waals surface area contributed by atoms with Crippen LogP contribution >= 0.6 is 31.8 Å². The molecule has 0 spiro atoms. The van der Waals surface area contributed by atoms with E-state index in [1.165, 1.54) is 38.3 Å². The molecule has 0 saturated heterocycles. The summed E-state index contributed by atoms with van der Waals surface area (Å²) in [6, 6.07) is 39.8. The van der Waals surface area contributed by atoms with Crippen molar-refractivity contribution in [2.45, 2.75) is 0 Å². The fraction of sp³-hybridized carbons (Fsp3) is 0.103. The van der Waals surface area contributed by atoms with Crippen LogP contribution in [0.4, 0.5) is 0 Å².